The highest BCUT2D eigenvalue weighted by Crippen LogP contribution is 2.11. The minimum Gasteiger partial charge on any atom is -0.465 e. The van der Waals surface area contributed by atoms with Crippen molar-refractivity contribution >= 4 is 23.6 Å². The highest BCUT2D eigenvalue weighted by atomic mass is 16.5. The van der Waals surface area contributed by atoms with Gasteiger partial charge in [-0.2, -0.15) is 0 Å². The molecular weight excluding hydrogens is 274 g/mol. The fourth-order valence-electron chi connectivity index (χ4n) is 1.52. The van der Waals surface area contributed by atoms with Crippen LogP contribution in [0.4, 0.5) is 10.5 Å². The van der Waals surface area contributed by atoms with Crippen molar-refractivity contribution in [1.82, 2.24) is 10.6 Å². The van der Waals surface area contributed by atoms with Crippen molar-refractivity contribution in [2.75, 3.05) is 19.0 Å². The molecule has 0 aromatic heterocycles. The molecule has 0 radical (unpaired) electrons. The van der Waals surface area contributed by atoms with Gasteiger partial charge in [-0.15, -0.1) is 0 Å². The third-order valence-corrected chi connectivity index (χ3v) is 2.40. The largest absolute Gasteiger partial charge is 0.465 e. The zero-order chi connectivity index (χ0) is 15.8. The number of urea groups is 1. The summed E-state index contributed by atoms with van der Waals surface area (Å²) in [5, 5.41) is 7.61. The number of rotatable bonds is 5. The van der Waals surface area contributed by atoms with E-state index in [0.717, 1.165) is 0 Å². The maximum Gasteiger partial charge on any atom is 0.337 e. The fourth-order valence-corrected chi connectivity index (χ4v) is 1.52. The number of anilines is 1. The molecule has 21 heavy (non-hydrogen) atoms. The van der Waals surface area contributed by atoms with Crippen LogP contribution in [0, 0.1) is 0 Å². The Labute approximate surface area is 123 Å². The molecule has 3 amide bonds. The van der Waals surface area contributed by atoms with Gasteiger partial charge in [-0.25, -0.2) is 9.59 Å². The number of amides is 3. The van der Waals surface area contributed by atoms with Crippen LogP contribution < -0.4 is 16.0 Å². The Morgan fingerprint density at radius 3 is 2.57 bits per heavy atom. The summed E-state index contributed by atoms with van der Waals surface area (Å²) in [7, 11) is 1.28. The van der Waals surface area contributed by atoms with Crippen LogP contribution in [-0.4, -0.2) is 37.6 Å². The molecule has 0 fully saturated rings. The van der Waals surface area contributed by atoms with Crippen molar-refractivity contribution in [2.45, 2.75) is 19.9 Å². The Kier molecular flexibility index (Phi) is 6.19. The minimum absolute atomic E-state index is 0.00945. The molecule has 114 valence electrons. The second-order valence-corrected chi connectivity index (χ2v) is 4.60. The van der Waals surface area contributed by atoms with Crippen LogP contribution in [0.15, 0.2) is 24.3 Å². The zero-order valence-electron chi connectivity index (χ0n) is 12.2. The summed E-state index contributed by atoms with van der Waals surface area (Å²) in [5.74, 6) is -0.878. The number of benzene rings is 1. The lowest BCUT2D eigenvalue weighted by Gasteiger charge is -2.10. The summed E-state index contributed by atoms with van der Waals surface area (Å²) < 4.78 is 4.60. The van der Waals surface area contributed by atoms with Crippen molar-refractivity contribution in [3.05, 3.63) is 29.8 Å². The van der Waals surface area contributed by atoms with Gasteiger partial charge in [0, 0.05) is 11.7 Å². The minimum atomic E-state index is -0.486. The SMILES string of the molecule is COC(=O)c1cccc(NC(=O)CNC(=O)NC(C)C)c1. The Morgan fingerprint density at radius 1 is 1.24 bits per heavy atom. The molecule has 7 nitrogen and oxygen atoms in total. The van der Waals surface area contributed by atoms with E-state index >= 15 is 0 Å². The number of methoxy groups -OCH3 is 1. The van der Waals surface area contributed by atoms with E-state index in [1.807, 2.05) is 13.8 Å². The van der Waals surface area contributed by atoms with Gasteiger partial charge in [0.2, 0.25) is 5.91 Å². The third-order valence-electron chi connectivity index (χ3n) is 2.40. The van der Waals surface area contributed by atoms with E-state index in [9.17, 15) is 14.4 Å². The van der Waals surface area contributed by atoms with Crippen molar-refractivity contribution < 1.29 is 19.1 Å². The highest BCUT2D eigenvalue weighted by molar-refractivity contribution is 5.96. The molecule has 0 aliphatic carbocycles. The molecule has 0 aliphatic heterocycles. The van der Waals surface area contributed by atoms with Gasteiger partial charge in [0.1, 0.15) is 0 Å². The van der Waals surface area contributed by atoms with Crippen LogP contribution in [0.25, 0.3) is 0 Å². The quantitative estimate of drug-likeness (QED) is 0.709. The lowest BCUT2D eigenvalue weighted by atomic mass is 10.2. The summed E-state index contributed by atoms with van der Waals surface area (Å²) in [4.78, 5) is 34.4. The topological polar surface area (TPSA) is 96.5 Å². The Hall–Kier alpha value is -2.57. The van der Waals surface area contributed by atoms with Gasteiger partial charge in [-0.1, -0.05) is 6.07 Å². The van der Waals surface area contributed by atoms with E-state index in [1.165, 1.54) is 13.2 Å². The Morgan fingerprint density at radius 2 is 1.95 bits per heavy atom. The van der Waals surface area contributed by atoms with Crippen molar-refractivity contribution in [3.8, 4) is 0 Å². The first-order valence-corrected chi connectivity index (χ1v) is 6.45. The van der Waals surface area contributed by atoms with Gasteiger partial charge in [-0.3, -0.25) is 4.79 Å². The maximum atomic E-state index is 11.7. The van der Waals surface area contributed by atoms with E-state index < -0.39 is 17.9 Å². The molecule has 0 atom stereocenters. The molecule has 0 saturated heterocycles. The van der Waals surface area contributed by atoms with Crippen molar-refractivity contribution in [3.63, 3.8) is 0 Å². The predicted molar refractivity (Wildman–Crippen MR) is 78.1 cm³/mol. The molecule has 0 spiro atoms. The molecule has 0 saturated carbocycles. The number of nitrogens with one attached hydrogen (secondary N) is 3. The van der Waals surface area contributed by atoms with Gasteiger partial charge < -0.3 is 20.7 Å². The molecular formula is C14H19N3O4. The smallest absolute Gasteiger partial charge is 0.337 e. The van der Waals surface area contributed by atoms with Gasteiger partial charge in [0.05, 0.1) is 19.2 Å². The molecule has 7 heteroatoms. The number of carbonyl (C=O) groups excluding carboxylic acids is 3. The number of hydrogen-bond donors (Lipinski definition) is 3. The first-order chi connectivity index (χ1) is 9.92. The highest BCUT2D eigenvalue weighted by Gasteiger charge is 2.09. The third kappa shape index (κ3) is 5.94. The predicted octanol–water partition coefficient (Wildman–Crippen LogP) is 1.12. The molecule has 0 bridgehead atoms. The van der Waals surface area contributed by atoms with E-state index in [0.29, 0.717) is 11.3 Å². The van der Waals surface area contributed by atoms with Gasteiger partial charge in [-0.05, 0) is 32.0 Å². The maximum absolute atomic E-state index is 11.7. The zero-order valence-corrected chi connectivity index (χ0v) is 12.2. The molecule has 1 aromatic rings. The summed E-state index contributed by atoms with van der Waals surface area (Å²) in [6.45, 7) is 3.47. The standard InChI is InChI=1S/C14H19N3O4/c1-9(2)16-14(20)15-8-12(18)17-11-6-4-5-10(7-11)13(19)21-3/h4-7,9H,8H2,1-3H3,(H,17,18)(H2,15,16,20). The first kappa shape index (κ1) is 16.5. The van der Waals surface area contributed by atoms with Crippen LogP contribution in [0.5, 0.6) is 0 Å². The first-order valence-electron chi connectivity index (χ1n) is 6.45. The molecule has 0 heterocycles. The summed E-state index contributed by atoms with van der Waals surface area (Å²) in [6, 6.07) is 5.92. The monoisotopic (exact) mass is 293 g/mol. The van der Waals surface area contributed by atoms with E-state index in [4.69, 9.17) is 0 Å². The molecule has 3 N–H and O–H groups in total. The number of hydrogen-bond acceptors (Lipinski definition) is 4. The average Bonchev–Trinajstić information content (AvgIpc) is 2.44. The van der Waals surface area contributed by atoms with Crippen molar-refractivity contribution in [1.29, 1.82) is 0 Å². The number of ether oxygens (including phenoxy) is 1. The van der Waals surface area contributed by atoms with Gasteiger partial charge in [0.25, 0.3) is 0 Å². The van der Waals surface area contributed by atoms with Crippen LogP contribution >= 0.6 is 0 Å². The second-order valence-electron chi connectivity index (χ2n) is 4.60. The van der Waals surface area contributed by atoms with Gasteiger partial charge >= 0.3 is 12.0 Å². The van der Waals surface area contributed by atoms with Crippen molar-refractivity contribution in [2.24, 2.45) is 0 Å². The molecule has 1 rings (SSSR count). The molecule has 0 aliphatic rings. The summed E-state index contributed by atoms with van der Waals surface area (Å²) in [6.07, 6.45) is 0. The summed E-state index contributed by atoms with van der Waals surface area (Å²) >= 11 is 0. The van der Waals surface area contributed by atoms with Crippen LogP contribution in [0.2, 0.25) is 0 Å². The lowest BCUT2D eigenvalue weighted by molar-refractivity contribution is -0.115. The average molecular weight is 293 g/mol. The second kappa shape index (κ2) is 7.88. The van der Waals surface area contributed by atoms with Crippen LogP contribution in [-0.2, 0) is 9.53 Å². The van der Waals surface area contributed by atoms with Crippen LogP contribution in [0.1, 0.15) is 24.2 Å². The lowest BCUT2D eigenvalue weighted by Crippen LogP contribution is -2.42. The normalized spacial score (nSPS) is 9.90. The Balaban J connectivity index is 2.51. The van der Waals surface area contributed by atoms with E-state index in [2.05, 4.69) is 20.7 Å². The molecule has 1 aromatic carbocycles. The number of esters is 1. The van der Waals surface area contributed by atoms with E-state index in [1.54, 1.807) is 18.2 Å². The number of carbonyl (C=O) groups is 3. The van der Waals surface area contributed by atoms with Crippen LogP contribution in [0.3, 0.4) is 0 Å². The van der Waals surface area contributed by atoms with E-state index in [-0.39, 0.29) is 12.6 Å². The fraction of sp³-hybridized carbons (Fsp3) is 0.357. The molecule has 0 unspecified atom stereocenters. The Bertz CT molecular complexity index is 529. The van der Waals surface area contributed by atoms with Gasteiger partial charge in [0.15, 0.2) is 0 Å². The summed E-state index contributed by atoms with van der Waals surface area (Å²) in [5.41, 5.74) is 0.787.